The Balaban J connectivity index is 1.52. The number of rotatable bonds is 7. The summed E-state index contributed by atoms with van der Waals surface area (Å²) in [5.41, 5.74) is 1.45. The molecule has 0 aliphatic carbocycles. The van der Waals surface area contributed by atoms with Crippen LogP contribution >= 0.6 is 11.3 Å². The molecule has 18 heavy (non-hydrogen) atoms. The van der Waals surface area contributed by atoms with E-state index in [1.54, 1.807) is 11.3 Å². The van der Waals surface area contributed by atoms with Gasteiger partial charge in [0.1, 0.15) is 0 Å². The Hall–Kier alpha value is -0.420. The van der Waals surface area contributed by atoms with Crippen molar-refractivity contribution in [2.24, 2.45) is 0 Å². The van der Waals surface area contributed by atoms with Gasteiger partial charge in [-0.1, -0.05) is 6.92 Å². The van der Waals surface area contributed by atoms with E-state index in [0.717, 1.165) is 52.2 Å². The molecule has 0 aromatic carbocycles. The highest BCUT2D eigenvalue weighted by molar-refractivity contribution is 7.07. The van der Waals surface area contributed by atoms with E-state index in [9.17, 15) is 0 Å². The van der Waals surface area contributed by atoms with Gasteiger partial charge in [-0.25, -0.2) is 0 Å². The Morgan fingerprint density at radius 2 is 2.44 bits per heavy atom. The van der Waals surface area contributed by atoms with Crippen molar-refractivity contribution in [3.8, 4) is 0 Å². The van der Waals surface area contributed by atoms with E-state index in [0.29, 0.717) is 6.10 Å². The summed E-state index contributed by atoms with van der Waals surface area (Å²) in [7, 11) is 0. The van der Waals surface area contributed by atoms with Crippen LogP contribution in [0.15, 0.2) is 16.8 Å². The second-order valence-corrected chi connectivity index (χ2v) is 5.61. The minimum atomic E-state index is 0.449. The first kappa shape index (κ1) is 14.0. The Bertz CT molecular complexity index is 316. The Labute approximate surface area is 114 Å². The quantitative estimate of drug-likeness (QED) is 0.766. The second-order valence-electron chi connectivity index (χ2n) is 4.83. The standard InChI is InChI=1S/C14H24N2OS/c1-2-14-11-16(8-9-17-14)7-6-15-5-3-13-4-10-18-12-13/h4,10,12,14-15H,2-3,5-9,11H2,1H3. The lowest BCUT2D eigenvalue weighted by Gasteiger charge is -2.32. The third-order valence-electron chi connectivity index (χ3n) is 3.45. The molecule has 1 atom stereocenters. The molecule has 1 aromatic rings. The van der Waals surface area contributed by atoms with Gasteiger partial charge in [-0.15, -0.1) is 0 Å². The SMILES string of the molecule is CCC1CN(CCNCCc2ccsc2)CCO1. The van der Waals surface area contributed by atoms with E-state index < -0.39 is 0 Å². The lowest BCUT2D eigenvalue weighted by atomic mass is 10.2. The molecule has 0 spiro atoms. The molecule has 4 heteroatoms. The molecule has 0 radical (unpaired) electrons. The number of ether oxygens (including phenoxy) is 1. The molecule has 2 rings (SSSR count). The van der Waals surface area contributed by atoms with Crippen LogP contribution < -0.4 is 5.32 Å². The van der Waals surface area contributed by atoms with Gasteiger partial charge in [-0.2, -0.15) is 11.3 Å². The summed E-state index contributed by atoms with van der Waals surface area (Å²) in [5.74, 6) is 0. The average Bonchev–Trinajstić information content (AvgIpc) is 2.92. The number of nitrogens with zero attached hydrogens (tertiary/aromatic N) is 1. The Morgan fingerprint density at radius 1 is 1.50 bits per heavy atom. The molecule has 1 unspecified atom stereocenters. The fourth-order valence-electron chi connectivity index (χ4n) is 2.26. The molecule has 2 heterocycles. The number of hydrogen-bond donors (Lipinski definition) is 1. The molecular weight excluding hydrogens is 244 g/mol. The van der Waals surface area contributed by atoms with E-state index in [-0.39, 0.29) is 0 Å². The topological polar surface area (TPSA) is 24.5 Å². The molecule has 1 aliphatic rings. The molecule has 3 nitrogen and oxygen atoms in total. The van der Waals surface area contributed by atoms with Crippen molar-refractivity contribution in [1.82, 2.24) is 10.2 Å². The van der Waals surface area contributed by atoms with Gasteiger partial charge in [0.05, 0.1) is 12.7 Å². The third-order valence-corrected chi connectivity index (χ3v) is 4.19. The largest absolute Gasteiger partial charge is 0.376 e. The highest BCUT2D eigenvalue weighted by atomic mass is 32.1. The number of hydrogen-bond acceptors (Lipinski definition) is 4. The summed E-state index contributed by atoms with van der Waals surface area (Å²) in [5, 5.41) is 7.90. The van der Waals surface area contributed by atoms with Gasteiger partial charge in [0.25, 0.3) is 0 Å². The van der Waals surface area contributed by atoms with Crippen molar-refractivity contribution >= 4 is 11.3 Å². The van der Waals surface area contributed by atoms with Crippen molar-refractivity contribution in [2.45, 2.75) is 25.9 Å². The highest BCUT2D eigenvalue weighted by Crippen LogP contribution is 2.07. The molecule has 102 valence electrons. The zero-order valence-electron chi connectivity index (χ0n) is 11.2. The Morgan fingerprint density at radius 3 is 3.22 bits per heavy atom. The van der Waals surface area contributed by atoms with Gasteiger partial charge in [0.2, 0.25) is 0 Å². The van der Waals surface area contributed by atoms with Crippen LogP contribution in [0.3, 0.4) is 0 Å². The maximum absolute atomic E-state index is 5.67. The molecule has 1 N–H and O–H groups in total. The van der Waals surface area contributed by atoms with Crippen molar-refractivity contribution in [1.29, 1.82) is 0 Å². The summed E-state index contributed by atoms with van der Waals surface area (Å²) in [6.45, 7) is 8.59. The molecule has 1 aliphatic heterocycles. The van der Waals surface area contributed by atoms with E-state index in [1.807, 2.05) is 0 Å². The summed E-state index contributed by atoms with van der Waals surface area (Å²) >= 11 is 1.78. The van der Waals surface area contributed by atoms with Crippen LogP contribution in [0.2, 0.25) is 0 Å². The summed E-state index contributed by atoms with van der Waals surface area (Å²) in [6.07, 6.45) is 2.72. The lowest BCUT2D eigenvalue weighted by Crippen LogP contribution is -2.44. The first-order valence-electron chi connectivity index (χ1n) is 6.94. The van der Waals surface area contributed by atoms with Crippen LogP contribution in [0, 0.1) is 0 Å². The predicted octanol–water partition coefficient (Wildman–Crippen LogP) is 1.99. The lowest BCUT2D eigenvalue weighted by molar-refractivity contribution is -0.0290. The smallest absolute Gasteiger partial charge is 0.0700 e. The predicted molar refractivity (Wildman–Crippen MR) is 77.4 cm³/mol. The summed E-state index contributed by atoms with van der Waals surface area (Å²) in [4.78, 5) is 2.51. The van der Waals surface area contributed by atoms with E-state index >= 15 is 0 Å². The van der Waals surface area contributed by atoms with E-state index in [4.69, 9.17) is 4.74 Å². The fourth-order valence-corrected chi connectivity index (χ4v) is 2.96. The molecule has 0 amide bonds. The molecule has 1 fully saturated rings. The zero-order valence-corrected chi connectivity index (χ0v) is 12.0. The van der Waals surface area contributed by atoms with Crippen LogP contribution in [-0.2, 0) is 11.2 Å². The minimum absolute atomic E-state index is 0.449. The van der Waals surface area contributed by atoms with E-state index in [1.165, 1.54) is 5.56 Å². The van der Waals surface area contributed by atoms with Gasteiger partial charge in [-0.05, 0) is 41.8 Å². The van der Waals surface area contributed by atoms with Gasteiger partial charge in [0.15, 0.2) is 0 Å². The highest BCUT2D eigenvalue weighted by Gasteiger charge is 2.17. The first-order chi connectivity index (χ1) is 8.88. The van der Waals surface area contributed by atoms with Gasteiger partial charge in [0, 0.05) is 26.2 Å². The van der Waals surface area contributed by atoms with E-state index in [2.05, 4.69) is 34.0 Å². The maximum atomic E-state index is 5.67. The second kappa shape index (κ2) is 7.89. The van der Waals surface area contributed by atoms with Crippen molar-refractivity contribution in [3.63, 3.8) is 0 Å². The van der Waals surface area contributed by atoms with Gasteiger partial charge < -0.3 is 10.1 Å². The van der Waals surface area contributed by atoms with Crippen LogP contribution in [0.25, 0.3) is 0 Å². The van der Waals surface area contributed by atoms with Crippen LogP contribution in [0.1, 0.15) is 18.9 Å². The van der Waals surface area contributed by atoms with Gasteiger partial charge >= 0.3 is 0 Å². The first-order valence-corrected chi connectivity index (χ1v) is 7.88. The third kappa shape index (κ3) is 4.69. The Kier molecular flexibility index (Phi) is 6.14. The molecule has 1 aromatic heterocycles. The molecule has 0 bridgehead atoms. The van der Waals surface area contributed by atoms with Crippen molar-refractivity contribution < 1.29 is 4.74 Å². The fraction of sp³-hybridized carbons (Fsp3) is 0.714. The molecule has 1 saturated heterocycles. The van der Waals surface area contributed by atoms with Crippen LogP contribution in [0.4, 0.5) is 0 Å². The molecule has 0 saturated carbocycles. The number of nitrogens with one attached hydrogen (secondary N) is 1. The minimum Gasteiger partial charge on any atom is -0.376 e. The summed E-state index contributed by atoms with van der Waals surface area (Å²) in [6, 6.07) is 2.21. The van der Waals surface area contributed by atoms with Crippen LogP contribution in [0.5, 0.6) is 0 Å². The summed E-state index contributed by atoms with van der Waals surface area (Å²) < 4.78 is 5.67. The maximum Gasteiger partial charge on any atom is 0.0700 e. The number of morpholine rings is 1. The van der Waals surface area contributed by atoms with Crippen molar-refractivity contribution in [3.05, 3.63) is 22.4 Å². The monoisotopic (exact) mass is 268 g/mol. The average molecular weight is 268 g/mol. The normalized spacial score (nSPS) is 21.3. The number of thiophene rings is 1. The van der Waals surface area contributed by atoms with Gasteiger partial charge in [-0.3, -0.25) is 4.90 Å². The zero-order chi connectivity index (χ0) is 12.6. The molecular formula is C14H24N2OS. The van der Waals surface area contributed by atoms with Crippen molar-refractivity contribution in [2.75, 3.05) is 39.3 Å². The van der Waals surface area contributed by atoms with Crippen LogP contribution in [-0.4, -0.2) is 50.3 Å².